The predicted molar refractivity (Wildman–Crippen MR) is 126 cm³/mol. The lowest BCUT2D eigenvalue weighted by Crippen LogP contribution is -2.41. The van der Waals surface area contributed by atoms with Gasteiger partial charge in [-0.2, -0.15) is 0 Å². The number of hydrogen-bond acceptors (Lipinski definition) is 6. The molecule has 0 radical (unpaired) electrons. The first-order valence-corrected chi connectivity index (χ1v) is 14.4. The van der Waals surface area contributed by atoms with E-state index in [0.717, 1.165) is 48.9 Å². The SMILES string of the molecule is CCC(CC(C)(C)C(=O)OC1CC2CC1C1C3CCC(C3)C21)C(=O)OC1C2CC3C(=O)OC1C3C2. The highest BCUT2D eigenvalue weighted by molar-refractivity contribution is 5.79. The molecule has 0 N–H and O–H groups in total. The smallest absolute Gasteiger partial charge is 0.311 e. The molecule has 6 bridgehead atoms. The average molecular weight is 485 g/mol. The summed E-state index contributed by atoms with van der Waals surface area (Å²) in [6.07, 6.45) is 8.73. The van der Waals surface area contributed by atoms with Gasteiger partial charge in [-0.1, -0.05) is 6.92 Å². The van der Waals surface area contributed by atoms with Gasteiger partial charge in [0, 0.05) is 11.8 Å². The van der Waals surface area contributed by atoms with Crippen LogP contribution in [-0.2, 0) is 28.6 Å². The molecule has 0 aromatic rings. The molecule has 1 heterocycles. The van der Waals surface area contributed by atoms with Gasteiger partial charge in [-0.25, -0.2) is 0 Å². The molecule has 0 spiro atoms. The minimum absolute atomic E-state index is 0.0103. The first-order valence-electron chi connectivity index (χ1n) is 14.4. The summed E-state index contributed by atoms with van der Waals surface area (Å²) < 4.78 is 17.8. The summed E-state index contributed by atoms with van der Waals surface area (Å²) in [5.74, 6) is 4.38. The summed E-state index contributed by atoms with van der Waals surface area (Å²) in [7, 11) is 0. The summed E-state index contributed by atoms with van der Waals surface area (Å²) in [6, 6.07) is 0. The fraction of sp³-hybridized carbons (Fsp3) is 0.897. The molecule has 6 saturated carbocycles. The molecule has 6 heteroatoms. The monoisotopic (exact) mass is 484 g/mol. The van der Waals surface area contributed by atoms with Crippen LogP contribution in [0.3, 0.4) is 0 Å². The number of rotatable bonds is 7. The van der Waals surface area contributed by atoms with E-state index < -0.39 is 5.41 Å². The zero-order valence-corrected chi connectivity index (χ0v) is 21.3. The molecule has 0 amide bonds. The van der Waals surface area contributed by atoms with E-state index in [1.54, 1.807) is 0 Å². The van der Waals surface area contributed by atoms with Crippen LogP contribution in [0.4, 0.5) is 0 Å². The van der Waals surface area contributed by atoms with Gasteiger partial charge in [-0.3, -0.25) is 14.4 Å². The molecule has 0 aromatic carbocycles. The quantitative estimate of drug-likeness (QED) is 0.300. The molecule has 192 valence electrons. The molecule has 7 aliphatic rings. The lowest BCUT2D eigenvalue weighted by Gasteiger charge is -2.39. The van der Waals surface area contributed by atoms with Crippen molar-refractivity contribution in [3.63, 3.8) is 0 Å². The Balaban J connectivity index is 0.971. The molecule has 7 rings (SSSR count). The van der Waals surface area contributed by atoms with E-state index in [0.29, 0.717) is 18.8 Å². The van der Waals surface area contributed by atoms with Crippen molar-refractivity contribution in [1.29, 1.82) is 0 Å². The number of carbonyl (C=O) groups is 3. The number of fused-ring (bicyclic) bond motifs is 10. The Bertz CT molecular complexity index is 941. The van der Waals surface area contributed by atoms with Crippen molar-refractivity contribution < 1.29 is 28.6 Å². The van der Waals surface area contributed by atoms with Crippen LogP contribution in [-0.4, -0.2) is 36.2 Å². The van der Waals surface area contributed by atoms with Crippen molar-refractivity contribution in [2.75, 3.05) is 0 Å². The van der Waals surface area contributed by atoms with Crippen molar-refractivity contribution in [3.05, 3.63) is 0 Å². The molecule has 1 saturated heterocycles. The van der Waals surface area contributed by atoms with Crippen LogP contribution >= 0.6 is 0 Å². The molecular formula is C29H40O6. The van der Waals surface area contributed by atoms with Crippen LogP contribution < -0.4 is 0 Å². The summed E-state index contributed by atoms with van der Waals surface area (Å²) in [4.78, 5) is 38.6. The number of carbonyl (C=O) groups excluding carboxylic acids is 3. The zero-order valence-electron chi connectivity index (χ0n) is 21.3. The van der Waals surface area contributed by atoms with Crippen LogP contribution in [0.5, 0.6) is 0 Å². The van der Waals surface area contributed by atoms with Gasteiger partial charge in [0.25, 0.3) is 0 Å². The minimum Gasteiger partial charge on any atom is -0.462 e. The van der Waals surface area contributed by atoms with Gasteiger partial charge in [0.2, 0.25) is 0 Å². The zero-order chi connectivity index (χ0) is 24.2. The first kappa shape index (κ1) is 22.6. The second-order valence-corrected chi connectivity index (χ2v) is 13.8. The number of hydrogen-bond donors (Lipinski definition) is 0. The van der Waals surface area contributed by atoms with Gasteiger partial charge in [0.1, 0.15) is 18.3 Å². The third-order valence-corrected chi connectivity index (χ3v) is 11.7. The maximum absolute atomic E-state index is 13.4. The Morgan fingerprint density at radius 2 is 1.69 bits per heavy atom. The third-order valence-electron chi connectivity index (χ3n) is 11.7. The average Bonchev–Trinajstić information content (AvgIpc) is 3.65. The maximum atomic E-state index is 13.4. The van der Waals surface area contributed by atoms with E-state index in [-0.39, 0.29) is 59.9 Å². The van der Waals surface area contributed by atoms with E-state index >= 15 is 0 Å². The fourth-order valence-corrected chi connectivity index (χ4v) is 10.3. The maximum Gasteiger partial charge on any atom is 0.311 e. The molecule has 0 aromatic heterocycles. The second kappa shape index (κ2) is 7.71. The Morgan fingerprint density at radius 3 is 2.46 bits per heavy atom. The minimum atomic E-state index is -0.741. The van der Waals surface area contributed by atoms with Crippen molar-refractivity contribution in [3.8, 4) is 0 Å². The van der Waals surface area contributed by atoms with Gasteiger partial charge >= 0.3 is 17.9 Å². The molecular weight excluding hydrogens is 444 g/mol. The first-order chi connectivity index (χ1) is 16.7. The number of esters is 3. The van der Waals surface area contributed by atoms with E-state index in [9.17, 15) is 14.4 Å². The molecule has 1 aliphatic heterocycles. The second-order valence-electron chi connectivity index (χ2n) is 13.8. The summed E-state index contributed by atoms with van der Waals surface area (Å²) in [5.41, 5.74) is -0.741. The fourth-order valence-electron chi connectivity index (χ4n) is 10.3. The molecule has 6 aliphatic carbocycles. The Morgan fingerprint density at radius 1 is 0.943 bits per heavy atom. The molecule has 13 atom stereocenters. The van der Waals surface area contributed by atoms with Crippen molar-refractivity contribution >= 4 is 17.9 Å². The van der Waals surface area contributed by atoms with Gasteiger partial charge < -0.3 is 14.2 Å². The molecule has 35 heavy (non-hydrogen) atoms. The predicted octanol–water partition coefficient (Wildman–Crippen LogP) is 4.54. The lowest BCUT2D eigenvalue weighted by molar-refractivity contribution is -0.171. The molecule has 13 unspecified atom stereocenters. The van der Waals surface area contributed by atoms with Gasteiger partial charge in [0.05, 0.1) is 17.3 Å². The van der Waals surface area contributed by atoms with Crippen LogP contribution in [0.1, 0.15) is 78.6 Å². The van der Waals surface area contributed by atoms with Crippen molar-refractivity contribution in [1.82, 2.24) is 0 Å². The van der Waals surface area contributed by atoms with Gasteiger partial charge in [0.15, 0.2) is 0 Å². The third kappa shape index (κ3) is 3.22. The van der Waals surface area contributed by atoms with Crippen LogP contribution in [0.25, 0.3) is 0 Å². The summed E-state index contributed by atoms with van der Waals surface area (Å²) >= 11 is 0. The van der Waals surface area contributed by atoms with E-state index in [1.807, 2.05) is 20.8 Å². The van der Waals surface area contributed by atoms with E-state index in [4.69, 9.17) is 14.2 Å². The van der Waals surface area contributed by atoms with Crippen LogP contribution in [0.15, 0.2) is 0 Å². The van der Waals surface area contributed by atoms with E-state index in [2.05, 4.69) is 0 Å². The standard InChI is InChI=1S/C29H40O6/c1-4-13(26(30)34-24-17-9-18-19(10-17)27(31)35-25(18)24)12-29(2,3)28(32)33-21-11-16-8-20(21)23-15-6-5-14(7-15)22(16)23/h13-25H,4-12H2,1-3H3. The van der Waals surface area contributed by atoms with Gasteiger partial charge in [-0.15, -0.1) is 0 Å². The highest BCUT2D eigenvalue weighted by Crippen LogP contribution is 2.68. The lowest BCUT2D eigenvalue weighted by atomic mass is 9.70. The normalized spacial score (nSPS) is 48.8. The molecule has 6 nitrogen and oxygen atoms in total. The molecule has 7 fully saturated rings. The highest BCUT2D eigenvalue weighted by atomic mass is 16.6. The summed E-state index contributed by atoms with van der Waals surface area (Å²) in [6.45, 7) is 5.81. The topological polar surface area (TPSA) is 78.9 Å². The Hall–Kier alpha value is -1.59. The summed E-state index contributed by atoms with van der Waals surface area (Å²) in [5, 5.41) is 0. The Labute approximate surface area is 208 Å². The highest BCUT2D eigenvalue weighted by Gasteiger charge is 2.64. The van der Waals surface area contributed by atoms with E-state index in [1.165, 1.54) is 25.7 Å². The number of ether oxygens (including phenoxy) is 3. The van der Waals surface area contributed by atoms with Crippen LogP contribution in [0, 0.1) is 64.6 Å². The van der Waals surface area contributed by atoms with Crippen LogP contribution in [0.2, 0.25) is 0 Å². The van der Waals surface area contributed by atoms with Crippen molar-refractivity contribution in [2.24, 2.45) is 64.6 Å². The largest absolute Gasteiger partial charge is 0.462 e. The Kier molecular flexibility index (Phi) is 4.98. The van der Waals surface area contributed by atoms with Crippen molar-refractivity contribution in [2.45, 2.75) is 96.9 Å². The van der Waals surface area contributed by atoms with Gasteiger partial charge in [-0.05, 0) is 107 Å².